The first-order chi connectivity index (χ1) is 5.58. The Balaban J connectivity index is 1.95. The molecule has 0 amide bonds. The van der Waals surface area contributed by atoms with Gasteiger partial charge in [0, 0.05) is 12.3 Å². The van der Waals surface area contributed by atoms with Crippen LogP contribution in [-0.2, 0) is 14.3 Å². The van der Waals surface area contributed by atoms with E-state index in [4.69, 9.17) is 9.47 Å². The van der Waals surface area contributed by atoms with Crippen LogP contribution in [0.25, 0.3) is 0 Å². The summed E-state index contributed by atoms with van der Waals surface area (Å²) in [7, 11) is 0. The second kappa shape index (κ2) is 2.54. The lowest BCUT2D eigenvalue weighted by Crippen LogP contribution is -2.38. The molecule has 0 N–H and O–H groups in total. The molecule has 2 rings (SSSR count). The van der Waals surface area contributed by atoms with Gasteiger partial charge in [0.2, 0.25) is 0 Å². The highest BCUT2D eigenvalue weighted by Crippen LogP contribution is 2.34. The van der Waals surface area contributed by atoms with Gasteiger partial charge in [-0.1, -0.05) is 0 Å². The van der Waals surface area contributed by atoms with E-state index < -0.39 is 5.79 Å². The van der Waals surface area contributed by atoms with E-state index in [9.17, 15) is 4.79 Å². The normalized spacial score (nSPS) is 39.7. The number of ether oxygens (including phenoxy) is 2. The van der Waals surface area contributed by atoms with Crippen LogP contribution in [0.4, 0.5) is 0 Å². The van der Waals surface area contributed by atoms with E-state index in [0.29, 0.717) is 12.4 Å². The molecule has 2 fully saturated rings. The number of carbonyl (C=O) groups is 1. The fraction of sp³-hybridized carbons (Fsp3) is 0.889. The topological polar surface area (TPSA) is 35.5 Å². The van der Waals surface area contributed by atoms with Crippen molar-refractivity contribution in [2.75, 3.05) is 6.61 Å². The van der Waals surface area contributed by atoms with E-state index in [1.807, 2.05) is 13.8 Å². The van der Waals surface area contributed by atoms with E-state index in [-0.39, 0.29) is 12.0 Å². The number of ketones is 1. The van der Waals surface area contributed by atoms with E-state index in [1.165, 1.54) is 0 Å². The second-order valence-electron chi connectivity index (χ2n) is 3.98. The van der Waals surface area contributed by atoms with E-state index in [0.717, 1.165) is 12.8 Å². The number of rotatable bonds is 1. The molecule has 3 heteroatoms. The SMILES string of the molecule is CC1(C)OC[C@H]([C@H]2CCC2=O)O1. The van der Waals surface area contributed by atoms with Gasteiger partial charge >= 0.3 is 0 Å². The Labute approximate surface area is 72.0 Å². The number of Topliss-reactive ketones (excluding diaryl/α,β-unsaturated/α-hetero) is 1. The zero-order valence-electron chi connectivity index (χ0n) is 7.50. The molecule has 0 spiro atoms. The molecule has 68 valence electrons. The zero-order valence-corrected chi connectivity index (χ0v) is 7.50. The Morgan fingerprint density at radius 2 is 2.25 bits per heavy atom. The molecule has 0 bridgehead atoms. The van der Waals surface area contributed by atoms with Crippen molar-refractivity contribution >= 4 is 5.78 Å². The summed E-state index contributed by atoms with van der Waals surface area (Å²) in [5, 5.41) is 0. The van der Waals surface area contributed by atoms with Crippen LogP contribution in [-0.4, -0.2) is 24.3 Å². The standard InChI is InChI=1S/C9H14O3/c1-9(2)11-5-8(12-9)6-3-4-7(6)10/h6,8H,3-5H2,1-2H3/t6-,8+/m0/s1. The minimum absolute atomic E-state index is 0.0150. The molecule has 1 heterocycles. The predicted molar refractivity (Wildman–Crippen MR) is 42.6 cm³/mol. The fourth-order valence-corrected chi connectivity index (χ4v) is 1.74. The summed E-state index contributed by atoms with van der Waals surface area (Å²) in [6.45, 7) is 4.34. The Kier molecular flexibility index (Phi) is 1.73. The van der Waals surface area contributed by atoms with Gasteiger partial charge in [-0.25, -0.2) is 0 Å². The molecule has 0 radical (unpaired) electrons. The summed E-state index contributed by atoms with van der Waals surface area (Å²) in [4.78, 5) is 11.1. The zero-order chi connectivity index (χ0) is 8.77. The van der Waals surface area contributed by atoms with Gasteiger partial charge < -0.3 is 9.47 Å². The number of hydrogen-bond donors (Lipinski definition) is 0. The van der Waals surface area contributed by atoms with Crippen LogP contribution in [0.1, 0.15) is 26.7 Å². The maximum absolute atomic E-state index is 11.1. The van der Waals surface area contributed by atoms with Gasteiger partial charge in [0.15, 0.2) is 5.79 Å². The minimum Gasteiger partial charge on any atom is -0.348 e. The third-order valence-corrected chi connectivity index (χ3v) is 2.59. The molecular weight excluding hydrogens is 156 g/mol. The molecule has 0 aromatic heterocycles. The Hall–Kier alpha value is -0.410. The van der Waals surface area contributed by atoms with Crippen LogP contribution in [0.5, 0.6) is 0 Å². The van der Waals surface area contributed by atoms with Gasteiger partial charge in [0.1, 0.15) is 5.78 Å². The third kappa shape index (κ3) is 1.27. The number of carbonyl (C=O) groups excluding carboxylic acids is 1. The molecule has 2 atom stereocenters. The van der Waals surface area contributed by atoms with Gasteiger partial charge in [0.05, 0.1) is 12.7 Å². The van der Waals surface area contributed by atoms with Crippen LogP contribution >= 0.6 is 0 Å². The largest absolute Gasteiger partial charge is 0.348 e. The van der Waals surface area contributed by atoms with Crippen molar-refractivity contribution in [3.8, 4) is 0 Å². The van der Waals surface area contributed by atoms with Gasteiger partial charge in [0.25, 0.3) is 0 Å². The van der Waals surface area contributed by atoms with E-state index in [1.54, 1.807) is 0 Å². The molecule has 0 aromatic carbocycles. The summed E-state index contributed by atoms with van der Waals surface area (Å²) in [5.74, 6) is -0.0337. The summed E-state index contributed by atoms with van der Waals surface area (Å²) in [5.41, 5.74) is 0. The predicted octanol–water partition coefficient (Wildman–Crippen LogP) is 1.12. The first-order valence-electron chi connectivity index (χ1n) is 4.43. The lowest BCUT2D eigenvalue weighted by Gasteiger charge is -2.29. The van der Waals surface area contributed by atoms with Crippen molar-refractivity contribution < 1.29 is 14.3 Å². The lowest BCUT2D eigenvalue weighted by atomic mass is 9.80. The molecule has 2 aliphatic rings. The molecule has 0 unspecified atom stereocenters. The summed E-state index contributed by atoms with van der Waals surface area (Å²) in [6, 6.07) is 0. The van der Waals surface area contributed by atoms with Crippen molar-refractivity contribution in [3.05, 3.63) is 0 Å². The molecule has 1 saturated heterocycles. The molecular formula is C9H14O3. The third-order valence-electron chi connectivity index (χ3n) is 2.59. The minimum atomic E-state index is -0.486. The van der Waals surface area contributed by atoms with E-state index >= 15 is 0 Å². The smallest absolute Gasteiger partial charge is 0.163 e. The van der Waals surface area contributed by atoms with Gasteiger partial charge in [-0.15, -0.1) is 0 Å². The molecule has 1 aliphatic carbocycles. The molecule has 3 nitrogen and oxygen atoms in total. The summed E-state index contributed by atoms with van der Waals surface area (Å²) >= 11 is 0. The van der Waals surface area contributed by atoms with Crippen LogP contribution in [0.15, 0.2) is 0 Å². The molecule has 1 aliphatic heterocycles. The quantitative estimate of drug-likeness (QED) is 0.591. The Morgan fingerprint density at radius 1 is 1.50 bits per heavy atom. The van der Waals surface area contributed by atoms with Gasteiger partial charge in [-0.3, -0.25) is 4.79 Å². The average molecular weight is 170 g/mol. The Morgan fingerprint density at radius 3 is 2.58 bits per heavy atom. The van der Waals surface area contributed by atoms with Crippen molar-refractivity contribution in [2.45, 2.75) is 38.6 Å². The summed E-state index contributed by atoms with van der Waals surface area (Å²) in [6.07, 6.45) is 1.72. The maximum Gasteiger partial charge on any atom is 0.163 e. The first-order valence-corrected chi connectivity index (χ1v) is 4.43. The van der Waals surface area contributed by atoms with Crippen molar-refractivity contribution in [1.29, 1.82) is 0 Å². The summed E-state index contributed by atoms with van der Waals surface area (Å²) < 4.78 is 11.0. The first kappa shape index (κ1) is 8.20. The molecule has 0 aromatic rings. The monoisotopic (exact) mass is 170 g/mol. The fourth-order valence-electron chi connectivity index (χ4n) is 1.74. The highest BCUT2D eigenvalue weighted by molar-refractivity contribution is 5.86. The molecule has 12 heavy (non-hydrogen) atoms. The van der Waals surface area contributed by atoms with Gasteiger partial charge in [-0.2, -0.15) is 0 Å². The molecule has 1 saturated carbocycles. The van der Waals surface area contributed by atoms with Crippen molar-refractivity contribution in [3.63, 3.8) is 0 Å². The van der Waals surface area contributed by atoms with Crippen LogP contribution in [0.3, 0.4) is 0 Å². The number of hydrogen-bond acceptors (Lipinski definition) is 3. The van der Waals surface area contributed by atoms with Crippen LogP contribution in [0.2, 0.25) is 0 Å². The van der Waals surface area contributed by atoms with Crippen molar-refractivity contribution in [2.24, 2.45) is 5.92 Å². The highest BCUT2D eigenvalue weighted by atomic mass is 16.7. The highest BCUT2D eigenvalue weighted by Gasteiger charge is 2.43. The van der Waals surface area contributed by atoms with E-state index in [2.05, 4.69) is 0 Å². The van der Waals surface area contributed by atoms with Gasteiger partial charge in [-0.05, 0) is 20.3 Å². The average Bonchev–Trinajstić information content (AvgIpc) is 2.27. The van der Waals surface area contributed by atoms with Crippen LogP contribution in [0, 0.1) is 5.92 Å². The second-order valence-corrected chi connectivity index (χ2v) is 3.98. The van der Waals surface area contributed by atoms with Crippen LogP contribution < -0.4 is 0 Å². The lowest BCUT2D eigenvalue weighted by molar-refractivity contribution is -0.155. The van der Waals surface area contributed by atoms with Crippen molar-refractivity contribution in [1.82, 2.24) is 0 Å². The maximum atomic E-state index is 11.1. The Bertz CT molecular complexity index is 210.